The van der Waals surface area contributed by atoms with Crippen LogP contribution in [0.1, 0.15) is 18.1 Å². The molecule has 0 fully saturated rings. The number of amides is 1. The van der Waals surface area contributed by atoms with Crippen molar-refractivity contribution in [2.75, 3.05) is 19.0 Å². The topological polar surface area (TPSA) is 71.3 Å². The lowest BCUT2D eigenvalue weighted by Gasteiger charge is -2.12. The lowest BCUT2D eigenvalue weighted by molar-refractivity contribution is -0.112. The van der Waals surface area contributed by atoms with Gasteiger partial charge in [0, 0.05) is 5.39 Å². The maximum Gasteiger partial charge on any atom is 0.266 e. The highest BCUT2D eigenvalue weighted by molar-refractivity contribution is 6.11. The number of anilines is 1. The molecule has 0 atom stereocenters. The molecule has 0 unspecified atom stereocenters. The number of nitrogens with one attached hydrogen (secondary N) is 1. The van der Waals surface area contributed by atoms with Crippen LogP contribution < -0.4 is 14.8 Å². The zero-order valence-corrected chi connectivity index (χ0v) is 16.7. The van der Waals surface area contributed by atoms with Crippen LogP contribution in [-0.2, 0) is 4.79 Å². The minimum absolute atomic E-state index is 0.00266. The maximum absolute atomic E-state index is 12.8. The van der Waals surface area contributed by atoms with Crippen molar-refractivity contribution in [2.45, 2.75) is 13.8 Å². The molecule has 0 saturated heterocycles. The van der Waals surface area contributed by atoms with Gasteiger partial charge in [0.15, 0.2) is 0 Å². The van der Waals surface area contributed by atoms with E-state index in [9.17, 15) is 10.1 Å². The summed E-state index contributed by atoms with van der Waals surface area (Å²) in [6.45, 7) is 4.41. The van der Waals surface area contributed by atoms with Gasteiger partial charge in [-0.3, -0.25) is 4.79 Å². The molecule has 3 aromatic carbocycles. The molecule has 1 amide bonds. The van der Waals surface area contributed by atoms with Crippen LogP contribution in [-0.4, -0.2) is 19.6 Å². The SMILES string of the molecule is CCOc1ccc(/C=C(\C#N)C(=O)Nc2cc(C)ccc2OC)c2ccccc12. The summed E-state index contributed by atoms with van der Waals surface area (Å²) in [6, 6.07) is 18.9. The van der Waals surface area contributed by atoms with E-state index in [4.69, 9.17) is 9.47 Å². The van der Waals surface area contributed by atoms with Gasteiger partial charge in [-0.1, -0.05) is 36.4 Å². The lowest BCUT2D eigenvalue weighted by atomic mass is 10.0. The van der Waals surface area contributed by atoms with Crippen LogP contribution in [0.3, 0.4) is 0 Å². The minimum Gasteiger partial charge on any atom is -0.495 e. The lowest BCUT2D eigenvalue weighted by Crippen LogP contribution is -2.14. The van der Waals surface area contributed by atoms with Gasteiger partial charge in [-0.15, -0.1) is 0 Å². The molecule has 0 radical (unpaired) electrons. The van der Waals surface area contributed by atoms with E-state index in [1.807, 2.05) is 62.4 Å². The molecule has 0 spiro atoms. The number of nitrogens with zero attached hydrogens (tertiary/aromatic N) is 1. The molecule has 0 bridgehead atoms. The molecule has 0 aliphatic heterocycles. The Morgan fingerprint density at radius 3 is 2.52 bits per heavy atom. The number of nitriles is 1. The molecule has 29 heavy (non-hydrogen) atoms. The fourth-order valence-electron chi connectivity index (χ4n) is 3.12. The molecule has 146 valence electrons. The Kier molecular flexibility index (Phi) is 6.16. The van der Waals surface area contributed by atoms with Crippen molar-refractivity contribution in [3.8, 4) is 17.6 Å². The van der Waals surface area contributed by atoms with E-state index in [2.05, 4.69) is 5.32 Å². The number of ether oxygens (including phenoxy) is 2. The van der Waals surface area contributed by atoms with E-state index in [0.29, 0.717) is 18.0 Å². The zero-order chi connectivity index (χ0) is 20.8. The van der Waals surface area contributed by atoms with Crippen molar-refractivity contribution in [3.05, 3.63) is 71.3 Å². The Morgan fingerprint density at radius 2 is 1.83 bits per heavy atom. The largest absolute Gasteiger partial charge is 0.495 e. The van der Waals surface area contributed by atoms with Crippen LogP contribution in [0.2, 0.25) is 0 Å². The average molecular weight is 386 g/mol. The minimum atomic E-state index is -0.491. The molecule has 5 nitrogen and oxygen atoms in total. The first-order valence-electron chi connectivity index (χ1n) is 9.29. The third-order valence-corrected chi connectivity index (χ3v) is 4.49. The van der Waals surface area contributed by atoms with Crippen LogP contribution >= 0.6 is 0 Å². The van der Waals surface area contributed by atoms with Gasteiger partial charge in [-0.05, 0) is 54.6 Å². The van der Waals surface area contributed by atoms with Crippen molar-refractivity contribution >= 4 is 28.4 Å². The Labute approximate surface area is 170 Å². The normalized spacial score (nSPS) is 11.0. The monoisotopic (exact) mass is 386 g/mol. The molecule has 3 rings (SSSR count). The molecule has 0 heterocycles. The third-order valence-electron chi connectivity index (χ3n) is 4.49. The zero-order valence-electron chi connectivity index (χ0n) is 16.7. The maximum atomic E-state index is 12.8. The highest BCUT2D eigenvalue weighted by Gasteiger charge is 2.14. The second-order valence-electron chi connectivity index (χ2n) is 6.46. The van der Waals surface area contributed by atoms with Gasteiger partial charge in [-0.25, -0.2) is 0 Å². The summed E-state index contributed by atoms with van der Waals surface area (Å²) in [4.78, 5) is 12.8. The number of carbonyl (C=O) groups is 1. The first-order valence-corrected chi connectivity index (χ1v) is 9.29. The number of hydrogen-bond acceptors (Lipinski definition) is 4. The van der Waals surface area contributed by atoms with E-state index in [-0.39, 0.29) is 5.57 Å². The Balaban J connectivity index is 1.99. The number of benzene rings is 3. The van der Waals surface area contributed by atoms with Crippen LogP contribution in [0.5, 0.6) is 11.5 Å². The summed E-state index contributed by atoms with van der Waals surface area (Å²) in [7, 11) is 1.54. The second kappa shape index (κ2) is 8.94. The number of hydrogen-bond donors (Lipinski definition) is 1. The first-order chi connectivity index (χ1) is 14.1. The van der Waals surface area contributed by atoms with Gasteiger partial charge < -0.3 is 14.8 Å². The van der Waals surface area contributed by atoms with E-state index >= 15 is 0 Å². The van der Waals surface area contributed by atoms with Gasteiger partial charge in [-0.2, -0.15) is 5.26 Å². The van der Waals surface area contributed by atoms with Gasteiger partial charge in [0.05, 0.1) is 19.4 Å². The van der Waals surface area contributed by atoms with Crippen LogP contribution in [0.25, 0.3) is 16.8 Å². The standard InChI is InChI=1S/C24H22N2O3/c1-4-29-22-12-10-17(19-7-5-6-8-20(19)22)14-18(15-25)24(27)26-21-13-16(2)9-11-23(21)28-3/h5-14H,4H2,1-3H3,(H,26,27)/b18-14+. The van der Waals surface area contributed by atoms with Crippen molar-refractivity contribution in [1.82, 2.24) is 0 Å². The van der Waals surface area contributed by atoms with Crippen molar-refractivity contribution in [3.63, 3.8) is 0 Å². The van der Waals surface area contributed by atoms with Crippen molar-refractivity contribution < 1.29 is 14.3 Å². The Morgan fingerprint density at radius 1 is 1.10 bits per heavy atom. The molecule has 5 heteroatoms. The molecule has 0 aliphatic rings. The molecule has 1 N–H and O–H groups in total. The predicted molar refractivity (Wildman–Crippen MR) is 115 cm³/mol. The molecular weight excluding hydrogens is 364 g/mol. The highest BCUT2D eigenvalue weighted by Crippen LogP contribution is 2.30. The van der Waals surface area contributed by atoms with Gasteiger partial charge in [0.2, 0.25) is 0 Å². The number of rotatable bonds is 6. The summed E-state index contributed by atoms with van der Waals surface area (Å²) in [5, 5.41) is 14.2. The predicted octanol–water partition coefficient (Wildman–Crippen LogP) is 5.10. The molecular formula is C24H22N2O3. The quantitative estimate of drug-likeness (QED) is 0.472. The van der Waals surface area contributed by atoms with Crippen molar-refractivity contribution in [2.24, 2.45) is 0 Å². The van der Waals surface area contributed by atoms with Gasteiger partial charge in [0.25, 0.3) is 5.91 Å². The van der Waals surface area contributed by atoms with Gasteiger partial charge >= 0.3 is 0 Å². The number of methoxy groups -OCH3 is 1. The van der Waals surface area contributed by atoms with E-state index in [1.54, 1.807) is 18.2 Å². The summed E-state index contributed by atoms with van der Waals surface area (Å²) in [5.41, 5.74) is 2.27. The molecule has 0 aliphatic carbocycles. The number of carbonyl (C=O) groups excluding carboxylic acids is 1. The number of aryl methyl sites for hydroxylation is 1. The fraction of sp³-hybridized carbons (Fsp3) is 0.167. The van der Waals surface area contributed by atoms with Crippen LogP contribution in [0.4, 0.5) is 5.69 Å². The van der Waals surface area contributed by atoms with E-state index < -0.39 is 5.91 Å². The number of fused-ring (bicyclic) bond motifs is 1. The fourth-order valence-corrected chi connectivity index (χ4v) is 3.12. The smallest absolute Gasteiger partial charge is 0.266 e. The molecule has 3 aromatic rings. The molecule has 0 aromatic heterocycles. The second-order valence-corrected chi connectivity index (χ2v) is 6.46. The van der Waals surface area contributed by atoms with Crippen LogP contribution in [0, 0.1) is 18.3 Å². The summed E-state index contributed by atoms with van der Waals surface area (Å²) >= 11 is 0. The Hall–Kier alpha value is -3.78. The highest BCUT2D eigenvalue weighted by atomic mass is 16.5. The van der Waals surface area contributed by atoms with Crippen molar-refractivity contribution in [1.29, 1.82) is 5.26 Å². The van der Waals surface area contributed by atoms with Gasteiger partial charge in [0.1, 0.15) is 23.1 Å². The summed E-state index contributed by atoms with van der Waals surface area (Å²) in [5.74, 6) is 0.815. The van der Waals surface area contributed by atoms with E-state index in [1.165, 1.54) is 7.11 Å². The average Bonchev–Trinajstić information content (AvgIpc) is 2.73. The molecule has 0 saturated carbocycles. The van der Waals surface area contributed by atoms with E-state index in [0.717, 1.165) is 27.6 Å². The Bertz CT molecular complexity index is 1130. The summed E-state index contributed by atoms with van der Waals surface area (Å²) in [6.07, 6.45) is 1.59. The van der Waals surface area contributed by atoms with Crippen LogP contribution in [0.15, 0.2) is 60.2 Å². The summed E-state index contributed by atoms with van der Waals surface area (Å²) < 4.78 is 11.0. The third kappa shape index (κ3) is 4.39. The first kappa shape index (κ1) is 20.0.